The molecule has 0 amide bonds. The molecule has 0 saturated carbocycles. The predicted octanol–water partition coefficient (Wildman–Crippen LogP) is 2.06. The van der Waals surface area contributed by atoms with Gasteiger partial charge in [0, 0.05) is 5.56 Å². The monoisotopic (exact) mass is 231 g/mol. The van der Waals surface area contributed by atoms with Crippen molar-refractivity contribution in [2.24, 2.45) is 0 Å². The maximum Gasteiger partial charge on any atom is 0.327 e. The van der Waals surface area contributed by atoms with E-state index in [1.807, 2.05) is 6.07 Å². The molecular weight excluding hydrogens is 218 g/mol. The smallest absolute Gasteiger partial charge is 0.327 e. The van der Waals surface area contributed by atoms with Crippen LogP contribution in [-0.4, -0.2) is 18.4 Å². The van der Waals surface area contributed by atoms with Crippen LogP contribution in [0.4, 0.5) is 0 Å². The number of benzene rings is 1. The number of ether oxygens (including phenoxy) is 1. The van der Waals surface area contributed by atoms with Crippen LogP contribution in [-0.2, 0) is 9.53 Å². The van der Waals surface area contributed by atoms with E-state index in [2.05, 4.69) is 0 Å². The van der Waals surface area contributed by atoms with Gasteiger partial charge in [-0.15, -0.1) is 0 Å². The number of carbonyl (C=O) groups excluding carboxylic acids is 2. The Morgan fingerprint density at radius 2 is 1.94 bits per heavy atom. The Kier molecular flexibility index (Phi) is 4.41. The Labute approximate surface area is 99.8 Å². The van der Waals surface area contributed by atoms with Crippen LogP contribution in [0.2, 0.25) is 0 Å². The summed E-state index contributed by atoms with van der Waals surface area (Å²) in [5, 5.41) is 8.94. The van der Waals surface area contributed by atoms with Crippen LogP contribution in [0.25, 0.3) is 0 Å². The van der Waals surface area contributed by atoms with Gasteiger partial charge < -0.3 is 4.74 Å². The van der Waals surface area contributed by atoms with E-state index in [4.69, 9.17) is 10.00 Å². The molecule has 4 nitrogen and oxygen atoms in total. The summed E-state index contributed by atoms with van der Waals surface area (Å²) in [6.07, 6.45) is 0. The van der Waals surface area contributed by atoms with Crippen LogP contribution in [0, 0.1) is 11.3 Å². The number of ketones is 1. The fourth-order valence-corrected chi connectivity index (χ4v) is 1.40. The van der Waals surface area contributed by atoms with Crippen molar-refractivity contribution in [2.45, 2.75) is 19.8 Å². The number of nitrogens with zero attached hydrogens (tertiary/aromatic N) is 1. The lowest BCUT2D eigenvalue weighted by molar-refractivity contribution is -0.143. The van der Waals surface area contributed by atoms with Crippen molar-refractivity contribution < 1.29 is 14.3 Å². The van der Waals surface area contributed by atoms with Crippen molar-refractivity contribution in [3.8, 4) is 6.07 Å². The molecule has 1 rings (SSSR count). The van der Waals surface area contributed by atoms with Gasteiger partial charge in [-0.1, -0.05) is 24.3 Å². The summed E-state index contributed by atoms with van der Waals surface area (Å²) < 4.78 is 4.80. The van der Waals surface area contributed by atoms with E-state index in [1.54, 1.807) is 31.2 Å². The van der Waals surface area contributed by atoms with Crippen LogP contribution in [0.5, 0.6) is 0 Å². The van der Waals surface area contributed by atoms with Gasteiger partial charge in [0.1, 0.15) is 0 Å². The molecule has 0 spiro atoms. The summed E-state index contributed by atoms with van der Waals surface area (Å²) in [5.74, 6) is -1.55. The average Bonchev–Trinajstić information content (AvgIpc) is 2.31. The third-order valence-corrected chi connectivity index (χ3v) is 2.30. The Hall–Kier alpha value is -2.15. The summed E-state index contributed by atoms with van der Waals surface area (Å²) in [4.78, 5) is 22.6. The second-order valence-corrected chi connectivity index (χ2v) is 3.49. The van der Waals surface area contributed by atoms with Crippen LogP contribution in [0.15, 0.2) is 24.3 Å². The summed E-state index contributed by atoms with van der Waals surface area (Å²) in [6.45, 7) is 3.38. The van der Waals surface area contributed by atoms with Crippen LogP contribution in [0.3, 0.4) is 0 Å². The Morgan fingerprint density at radius 3 is 2.35 bits per heavy atom. The molecule has 0 aliphatic rings. The van der Waals surface area contributed by atoms with Gasteiger partial charge in [0.25, 0.3) is 0 Å². The fourth-order valence-electron chi connectivity index (χ4n) is 1.40. The van der Waals surface area contributed by atoms with Gasteiger partial charge in [-0.3, -0.25) is 9.59 Å². The Morgan fingerprint density at radius 1 is 1.35 bits per heavy atom. The minimum atomic E-state index is -0.934. The molecule has 1 aromatic carbocycles. The molecule has 1 atom stereocenters. The highest BCUT2D eigenvalue weighted by Crippen LogP contribution is 2.17. The first-order valence-corrected chi connectivity index (χ1v) is 5.27. The van der Waals surface area contributed by atoms with Gasteiger partial charge in [-0.2, -0.15) is 5.26 Å². The van der Waals surface area contributed by atoms with Crippen molar-refractivity contribution in [3.05, 3.63) is 35.4 Å². The maximum atomic E-state index is 11.5. The molecular formula is C13H13NO3. The molecule has 88 valence electrons. The van der Waals surface area contributed by atoms with E-state index >= 15 is 0 Å². The highest BCUT2D eigenvalue weighted by atomic mass is 16.5. The standard InChI is InChI=1S/C13H13NO3/c1-3-17-13(16)12(8-14)11-6-4-10(5-7-11)9(2)15/h4-7,12H,3H2,1-2H3. The third kappa shape index (κ3) is 3.15. The first-order valence-electron chi connectivity index (χ1n) is 5.27. The van der Waals surface area contributed by atoms with Gasteiger partial charge >= 0.3 is 5.97 Å². The number of nitriles is 1. The topological polar surface area (TPSA) is 67.2 Å². The quantitative estimate of drug-likeness (QED) is 0.587. The molecule has 1 unspecified atom stereocenters. The highest BCUT2D eigenvalue weighted by Gasteiger charge is 2.21. The maximum absolute atomic E-state index is 11.5. The van der Waals surface area contributed by atoms with E-state index in [9.17, 15) is 9.59 Å². The lowest BCUT2D eigenvalue weighted by Gasteiger charge is -2.08. The molecule has 0 N–H and O–H groups in total. The molecule has 0 aromatic heterocycles. The molecule has 0 fully saturated rings. The molecule has 0 heterocycles. The summed E-state index contributed by atoms with van der Waals surface area (Å²) in [6, 6.07) is 8.29. The second kappa shape index (κ2) is 5.80. The molecule has 0 saturated heterocycles. The van der Waals surface area contributed by atoms with E-state index in [0.29, 0.717) is 11.1 Å². The number of esters is 1. The van der Waals surface area contributed by atoms with Crippen molar-refractivity contribution >= 4 is 11.8 Å². The van der Waals surface area contributed by atoms with E-state index in [1.165, 1.54) is 6.92 Å². The Bertz CT molecular complexity index is 457. The van der Waals surface area contributed by atoms with Gasteiger partial charge in [0.2, 0.25) is 0 Å². The lowest BCUT2D eigenvalue weighted by atomic mass is 9.99. The van der Waals surface area contributed by atoms with Gasteiger partial charge in [-0.25, -0.2) is 0 Å². The SMILES string of the molecule is CCOC(=O)C(C#N)c1ccc(C(C)=O)cc1. The summed E-state index contributed by atoms with van der Waals surface area (Å²) in [5.41, 5.74) is 1.09. The minimum absolute atomic E-state index is 0.0545. The zero-order chi connectivity index (χ0) is 12.8. The van der Waals surface area contributed by atoms with Crippen LogP contribution in [0.1, 0.15) is 35.7 Å². The second-order valence-electron chi connectivity index (χ2n) is 3.49. The first-order chi connectivity index (χ1) is 8.10. The molecule has 1 aromatic rings. The van der Waals surface area contributed by atoms with Crippen molar-refractivity contribution in [3.63, 3.8) is 0 Å². The number of Topliss-reactive ketones (excluding diaryl/α,β-unsaturated/α-hetero) is 1. The predicted molar refractivity (Wildman–Crippen MR) is 61.4 cm³/mol. The van der Waals surface area contributed by atoms with Crippen LogP contribution >= 0.6 is 0 Å². The van der Waals surface area contributed by atoms with Crippen molar-refractivity contribution in [1.29, 1.82) is 5.26 Å². The van der Waals surface area contributed by atoms with Crippen LogP contribution < -0.4 is 0 Å². The van der Waals surface area contributed by atoms with Crippen molar-refractivity contribution in [2.75, 3.05) is 6.61 Å². The number of hydrogen-bond donors (Lipinski definition) is 0. The number of hydrogen-bond acceptors (Lipinski definition) is 4. The highest BCUT2D eigenvalue weighted by molar-refractivity contribution is 5.94. The molecule has 17 heavy (non-hydrogen) atoms. The first kappa shape index (κ1) is 12.9. The van der Waals surface area contributed by atoms with Crippen molar-refractivity contribution in [1.82, 2.24) is 0 Å². The minimum Gasteiger partial charge on any atom is -0.465 e. The van der Waals surface area contributed by atoms with E-state index in [0.717, 1.165) is 0 Å². The van der Waals surface area contributed by atoms with E-state index in [-0.39, 0.29) is 12.4 Å². The average molecular weight is 231 g/mol. The largest absolute Gasteiger partial charge is 0.465 e. The van der Waals surface area contributed by atoms with Gasteiger partial charge in [0.05, 0.1) is 12.7 Å². The molecule has 0 bridgehead atoms. The summed E-state index contributed by atoms with van der Waals surface area (Å²) in [7, 11) is 0. The lowest BCUT2D eigenvalue weighted by Crippen LogP contribution is -2.14. The zero-order valence-corrected chi connectivity index (χ0v) is 9.77. The zero-order valence-electron chi connectivity index (χ0n) is 9.77. The molecule has 0 aliphatic heterocycles. The van der Waals surface area contributed by atoms with Gasteiger partial charge in [0.15, 0.2) is 11.7 Å². The Balaban J connectivity index is 2.94. The normalized spacial score (nSPS) is 11.4. The third-order valence-electron chi connectivity index (χ3n) is 2.30. The molecule has 0 radical (unpaired) electrons. The fraction of sp³-hybridized carbons (Fsp3) is 0.308. The number of rotatable bonds is 4. The molecule has 0 aliphatic carbocycles. The summed E-state index contributed by atoms with van der Waals surface area (Å²) >= 11 is 0. The van der Waals surface area contributed by atoms with Gasteiger partial charge in [-0.05, 0) is 19.4 Å². The van der Waals surface area contributed by atoms with E-state index < -0.39 is 11.9 Å². The number of carbonyl (C=O) groups is 2. The molecule has 4 heteroatoms.